The summed E-state index contributed by atoms with van der Waals surface area (Å²) in [6.45, 7) is 10.1. The molecule has 0 radical (unpaired) electrons. The first kappa shape index (κ1) is 16.9. The van der Waals surface area contributed by atoms with Crippen LogP contribution in [-0.4, -0.2) is 23.6 Å². The maximum atomic E-state index is 3.72. The van der Waals surface area contributed by atoms with E-state index in [1.54, 1.807) is 0 Å². The summed E-state index contributed by atoms with van der Waals surface area (Å²) in [5.41, 5.74) is 3.15. The zero-order valence-electron chi connectivity index (χ0n) is 14.1. The van der Waals surface area contributed by atoms with Gasteiger partial charge in [-0.2, -0.15) is 11.8 Å². The van der Waals surface area contributed by atoms with Gasteiger partial charge in [0.1, 0.15) is 0 Å². The molecule has 0 aliphatic carbocycles. The van der Waals surface area contributed by atoms with Crippen LogP contribution in [-0.2, 0) is 11.8 Å². The Hall–Kier alpha value is -0.470. The summed E-state index contributed by atoms with van der Waals surface area (Å²) in [7, 11) is 0. The fourth-order valence-electron chi connectivity index (χ4n) is 3.07. The van der Waals surface area contributed by atoms with Gasteiger partial charge in [0.05, 0.1) is 0 Å². The molecule has 0 spiro atoms. The molecule has 2 rings (SSSR count). The fraction of sp³-hybridized carbons (Fsp3) is 0.684. The average molecular weight is 306 g/mol. The van der Waals surface area contributed by atoms with Crippen LogP contribution in [0.4, 0.5) is 0 Å². The first-order chi connectivity index (χ1) is 10.0. The zero-order valence-corrected chi connectivity index (χ0v) is 14.9. The van der Waals surface area contributed by atoms with Crippen LogP contribution >= 0.6 is 11.8 Å². The van der Waals surface area contributed by atoms with Crippen LogP contribution in [0.15, 0.2) is 24.3 Å². The lowest BCUT2D eigenvalue weighted by atomic mass is 9.86. The summed E-state index contributed by atoms with van der Waals surface area (Å²) in [6, 6.07) is 9.91. The van der Waals surface area contributed by atoms with E-state index in [1.807, 2.05) is 0 Å². The van der Waals surface area contributed by atoms with Crippen molar-refractivity contribution in [2.75, 3.05) is 12.3 Å². The molecule has 21 heavy (non-hydrogen) atoms. The smallest absolute Gasteiger partial charge is 0.0226 e. The van der Waals surface area contributed by atoms with Gasteiger partial charge in [-0.25, -0.2) is 0 Å². The van der Waals surface area contributed by atoms with Gasteiger partial charge in [0.25, 0.3) is 0 Å². The van der Waals surface area contributed by atoms with Crippen LogP contribution in [0.2, 0.25) is 0 Å². The van der Waals surface area contributed by atoms with E-state index in [-0.39, 0.29) is 5.41 Å². The van der Waals surface area contributed by atoms with E-state index in [9.17, 15) is 0 Å². The van der Waals surface area contributed by atoms with Gasteiger partial charge in [-0.05, 0) is 48.1 Å². The molecule has 1 aromatic rings. The van der Waals surface area contributed by atoms with Crippen molar-refractivity contribution in [1.29, 1.82) is 0 Å². The molecule has 1 heterocycles. The Morgan fingerprint density at radius 3 is 2.43 bits per heavy atom. The first-order valence-electron chi connectivity index (χ1n) is 8.45. The van der Waals surface area contributed by atoms with Gasteiger partial charge in [-0.3, -0.25) is 0 Å². The molecule has 0 amide bonds. The Labute approximate surface area is 135 Å². The van der Waals surface area contributed by atoms with Crippen LogP contribution in [0.3, 0.4) is 0 Å². The topological polar surface area (TPSA) is 12.0 Å². The lowest BCUT2D eigenvalue weighted by Crippen LogP contribution is -2.41. The van der Waals surface area contributed by atoms with Crippen LogP contribution in [0.25, 0.3) is 0 Å². The van der Waals surface area contributed by atoms with Crippen LogP contribution in [0, 0.1) is 0 Å². The maximum absolute atomic E-state index is 3.72. The number of benzene rings is 1. The van der Waals surface area contributed by atoms with Gasteiger partial charge in [0.2, 0.25) is 0 Å². The van der Waals surface area contributed by atoms with Crippen molar-refractivity contribution < 1.29 is 0 Å². The Morgan fingerprint density at radius 2 is 1.90 bits per heavy atom. The van der Waals surface area contributed by atoms with E-state index in [0.29, 0.717) is 6.04 Å². The van der Waals surface area contributed by atoms with Gasteiger partial charge in [-0.1, -0.05) is 58.4 Å². The van der Waals surface area contributed by atoms with Gasteiger partial charge < -0.3 is 5.32 Å². The van der Waals surface area contributed by atoms with E-state index >= 15 is 0 Å². The summed E-state index contributed by atoms with van der Waals surface area (Å²) in [4.78, 5) is 0. The molecule has 0 aromatic heterocycles. The Bertz CT molecular complexity index is 412. The van der Waals surface area contributed by atoms with Crippen LogP contribution < -0.4 is 5.32 Å². The normalized spacial score (nSPS) is 21.2. The molecule has 1 aliphatic heterocycles. The standard InChI is InChI=1S/C19H31NS/c1-5-20-17(18-8-6-7-13-21-18)14-15-9-11-16(12-10-15)19(2,3)4/h9-12,17-18,20H,5-8,13-14H2,1-4H3. The lowest BCUT2D eigenvalue weighted by Gasteiger charge is -2.30. The van der Waals surface area contributed by atoms with Gasteiger partial charge in [0, 0.05) is 11.3 Å². The average Bonchev–Trinajstić information content (AvgIpc) is 2.47. The molecular formula is C19H31NS. The third-order valence-corrected chi connectivity index (χ3v) is 5.92. The molecular weight excluding hydrogens is 274 g/mol. The Morgan fingerprint density at radius 1 is 1.19 bits per heavy atom. The molecule has 2 atom stereocenters. The number of hydrogen-bond donors (Lipinski definition) is 1. The summed E-state index contributed by atoms with van der Waals surface area (Å²) in [5, 5.41) is 4.52. The van der Waals surface area contributed by atoms with E-state index < -0.39 is 0 Å². The number of rotatable bonds is 5. The molecule has 0 saturated carbocycles. The number of likely N-dealkylation sites (N-methyl/N-ethyl adjacent to an activating group) is 1. The van der Waals surface area contributed by atoms with Crippen molar-refractivity contribution >= 4 is 11.8 Å². The summed E-state index contributed by atoms with van der Waals surface area (Å²) in [5.74, 6) is 1.34. The number of hydrogen-bond acceptors (Lipinski definition) is 2. The zero-order chi connectivity index (χ0) is 15.3. The quantitative estimate of drug-likeness (QED) is 0.839. The SMILES string of the molecule is CCNC(Cc1ccc(C(C)(C)C)cc1)C1CCCCS1. The molecule has 118 valence electrons. The maximum Gasteiger partial charge on any atom is 0.0226 e. The van der Waals surface area contributed by atoms with Gasteiger partial charge in [0.15, 0.2) is 0 Å². The monoisotopic (exact) mass is 305 g/mol. The highest BCUT2D eigenvalue weighted by molar-refractivity contribution is 8.00. The van der Waals surface area contributed by atoms with Crippen molar-refractivity contribution in [3.05, 3.63) is 35.4 Å². The third kappa shape index (κ3) is 5.03. The number of nitrogens with one attached hydrogen (secondary N) is 1. The summed E-state index contributed by atoms with van der Waals surface area (Å²) in [6.07, 6.45) is 5.35. The molecule has 1 N–H and O–H groups in total. The van der Waals surface area contributed by atoms with E-state index in [4.69, 9.17) is 0 Å². The molecule has 1 aliphatic rings. The summed E-state index contributed by atoms with van der Waals surface area (Å²) < 4.78 is 0. The van der Waals surface area contributed by atoms with Crippen molar-refractivity contribution in [2.45, 2.75) is 70.1 Å². The van der Waals surface area contributed by atoms with E-state index in [1.165, 1.54) is 36.1 Å². The van der Waals surface area contributed by atoms with Crippen LogP contribution in [0.1, 0.15) is 58.1 Å². The molecule has 1 fully saturated rings. The summed E-state index contributed by atoms with van der Waals surface area (Å²) >= 11 is 2.18. The molecule has 1 nitrogen and oxygen atoms in total. The minimum absolute atomic E-state index is 0.249. The van der Waals surface area contributed by atoms with E-state index in [2.05, 4.69) is 69.0 Å². The fourth-order valence-corrected chi connectivity index (χ4v) is 4.51. The largest absolute Gasteiger partial charge is 0.313 e. The Kier molecular flexibility index (Phi) is 6.19. The van der Waals surface area contributed by atoms with Crippen LogP contribution in [0.5, 0.6) is 0 Å². The van der Waals surface area contributed by atoms with Crippen molar-refractivity contribution in [1.82, 2.24) is 5.32 Å². The first-order valence-corrected chi connectivity index (χ1v) is 9.50. The highest BCUT2D eigenvalue weighted by Crippen LogP contribution is 2.29. The second kappa shape index (κ2) is 7.69. The molecule has 0 bridgehead atoms. The van der Waals surface area contributed by atoms with Crippen molar-refractivity contribution in [2.24, 2.45) is 0 Å². The second-order valence-electron chi connectivity index (χ2n) is 7.22. The molecule has 1 aromatic carbocycles. The minimum atomic E-state index is 0.249. The van der Waals surface area contributed by atoms with Gasteiger partial charge >= 0.3 is 0 Å². The second-order valence-corrected chi connectivity index (χ2v) is 8.57. The van der Waals surface area contributed by atoms with Gasteiger partial charge in [-0.15, -0.1) is 0 Å². The highest BCUT2D eigenvalue weighted by atomic mass is 32.2. The predicted octanol–water partition coefficient (Wildman–Crippen LogP) is 4.79. The predicted molar refractivity (Wildman–Crippen MR) is 96.4 cm³/mol. The van der Waals surface area contributed by atoms with Crippen molar-refractivity contribution in [3.8, 4) is 0 Å². The minimum Gasteiger partial charge on any atom is -0.313 e. The Balaban J connectivity index is 2.02. The molecule has 2 heteroatoms. The third-order valence-electron chi connectivity index (χ3n) is 4.41. The van der Waals surface area contributed by atoms with E-state index in [0.717, 1.165) is 18.2 Å². The molecule has 2 unspecified atom stereocenters. The highest BCUT2D eigenvalue weighted by Gasteiger charge is 2.23. The van der Waals surface area contributed by atoms with Crippen molar-refractivity contribution in [3.63, 3.8) is 0 Å². The number of thioether (sulfide) groups is 1. The molecule has 1 saturated heterocycles. The lowest BCUT2D eigenvalue weighted by molar-refractivity contribution is 0.472.